The number of rotatable bonds is 3. The fourth-order valence-corrected chi connectivity index (χ4v) is 1.10. The average molecular weight is 154 g/mol. The summed E-state index contributed by atoms with van der Waals surface area (Å²) in [6, 6.07) is 1.81. The van der Waals surface area contributed by atoms with Crippen molar-refractivity contribution in [1.82, 2.24) is 0 Å². The van der Waals surface area contributed by atoms with E-state index in [9.17, 15) is 0 Å². The lowest BCUT2D eigenvalue weighted by Gasteiger charge is -2.06. The van der Waals surface area contributed by atoms with E-state index < -0.39 is 0 Å². The van der Waals surface area contributed by atoms with E-state index in [1.807, 2.05) is 13.0 Å². The van der Waals surface area contributed by atoms with E-state index in [4.69, 9.17) is 15.9 Å². The van der Waals surface area contributed by atoms with Crippen molar-refractivity contribution in [3.63, 3.8) is 0 Å². The summed E-state index contributed by atoms with van der Waals surface area (Å²) in [6.45, 7) is 2.50. The summed E-state index contributed by atoms with van der Waals surface area (Å²) in [5, 5.41) is 0. The number of furan rings is 1. The number of nitrogens with two attached hydrogens (primary N) is 2. The molecule has 0 aromatic carbocycles. The third-order valence-corrected chi connectivity index (χ3v) is 1.75. The second-order valence-corrected chi connectivity index (χ2v) is 2.49. The van der Waals surface area contributed by atoms with Crippen molar-refractivity contribution in [2.24, 2.45) is 11.5 Å². The Morgan fingerprint density at radius 1 is 1.64 bits per heavy atom. The SMILES string of the molecule is CCc1occc1[C@@H](N)CN. The van der Waals surface area contributed by atoms with Crippen LogP contribution in [0.15, 0.2) is 16.7 Å². The molecule has 0 saturated carbocycles. The molecule has 0 spiro atoms. The third kappa shape index (κ3) is 1.61. The Balaban J connectivity index is 2.83. The summed E-state index contributed by atoms with van der Waals surface area (Å²) >= 11 is 0. The van der Waals surface area contributed by atoms with Crippen LogP contribution >= 0.6 is 0 Å². The molecule has 11 heavy (non-hydrogen) atoms. The van der Waals surface area contributed by atoms with E-state index >= 15 is 0 Å². The molecule has 1 aromatic heterocycles. The zero-order valence-electron chi connectivity index (χ0n) is 6.71. The Morgan fingerprint density at radius 3 is 2.91 bits per heavy atom. The fourth-order valence-electron chi connectivity index (χ4n) is 1.10. The summed E-state index contributed by atoms with van der Waals surface area (Å²) < 4.78 is 5.20. The van der Waals surface area contributed by atoms with Gasteiger partial charge < -0.3 is 15.9 Å². The van der Waals surface area contributed by atoms with E-state index in [2.05, 4.69) is 0 Å². The maximum atomic E-state index is 5.73. The van der Waals surface area contributed by atoms with Crippen molar-refractivity contribution in [3.8, 4) is 0 Å². The van der Waals surface area contributed by atoms with Gasteiger partial charge in [0, 0.05) is 24.6 Å². The number of aryl methyl sites for hydroxylation is 1. The quantitative estimate of drug-likeness (QED) is 0.676. The minimum atomic E-state index is -0.0799. The van der Waals surface area contributed by atoms with Crippen LogP contribution in [-0.2, 0) is 6.42 Å². The molecule has 0 saturated heterocycles. The van der Waals surface area contributed by atoms with Crippen LogP contribution in [0.3, 0.4) is 0 Å². The first-order valence-electron chi connectivity index (χ1n) is 3.81. The monoisotopic (exact) mass is 154 g/mol. The van der Waals surface area contributed by atoms with Crippen LogP contribution in [0.2, 0.25) is 0 Å². The fraction of sp³-hybridized carbons (Fsp3) is 0.500. The highest BCUT2D eigenvalue weighted by atomic mass is 16.3. The van der Waals surface area contributed by atoms with Crippen LogP contribution in [-0.4, -0.2) is 6.54 Å². The lowest BCUT2D eigenvalue weighted by Crippen LogP contribution is -2.21. The summed E-state index contributed by atoms with van der Waals surface area (Å²) in [5.74, 6) is 0.947. The van der Waals surface area contributed by atoms with Crippen molar-refractivity contribution >= 4 is 0 Å². The highest BCUT2D eigenvalue weighted by molar-refractivity contribution is 5.21. The van der Waals surface area contributed by atoms with E-state index in [0.717, 1.165) is 17.7 Å². The summed E-state index contributed by atoms with van der Waals surface area (Å²) in [6.07, 6.45) is 2.53. The van der Waals surface area contributed by atoms with Gasteiger partial charge in [-0.05, 0) is 6.07 Å². The Bertz CT molecular complexity index is 220. The minimum absolute atomic E-state index is 0.0799. The molecular weight excluding hydrogens is 140 g/mol. The summed E-state index contributed by atoms with van der Waals surface area (Å²) in [5.41, 5.74) is 12.2. The molecule has 1 aromatic rings. The predicted octanol–water partition coefficient (Wildman–Crippen LogP) is 0.801. The van der Waals surface area contributed by atoms with Crippen LogP contribution in [0.4, 0.5) is 0 Å². The normalized spacial score (nSPS) is 13.4. The maximum Gasteiger partial charge on any atom is 0.108 e. The van der Waals surface area contributed by atoms with Crippen LogP contribution in [0.25, 0.3) is 0 Å². The zero-order chi connectivity index (χ0) is 8.27. The molecule has 1 rings (SSSR count). The predicted molar refractivity (Wildman–Crippen MR) is 44.1 cm³/mol. The van der Waals surface area contributed by atoms with Crippen molar-refractivity contribution in [2.45, 2.75) is 19.4 Å². The largest absolute Gasteiger partial charge is 0.469 e. The molecule has 4 N–H and O–H groups in total. The molecule has 0 fully saturated rings. The minimum Gasteiger partial charge on any atom is -0.469 e. The topological polar surface area (TPSA) is 65.2 Å². The molecule has 3 heteroatoms. The van der Waals surface area contributed by atoms with E-state index in [1.165, 1.54) is 0 Å². The van der Waals surface area contributed by atoms with Crippen LogP contribution in [0.5, 0.6) is 0 Å². The highest BCUT2D eigenvalue weighted by Gasteiger charge is 2.10. The zero-order valence-corrected chi connectivity index (χ0v) is 6.71. The molecule has 3 nitrogen and oxygen atoms in total. The van der Waals surface area contributed by atoms with Gasteiger partial charge in [-0.2, -0.15) is 0 Å². The van der Waals surface area contributed by atoms with Crippen molar-refractivity contribution in [3.05, 3.63) is 23.7 Å². The lowest BCUT2D eigenvalue weighted by atomic mass is 10.1. The van der Waals surface area contributed by atoms with Crippen molar-refractivity contribution in [1.29, 1.82) is 0 Å². The number of hydrogen-bond acceptors (Lipinski definition) is 3. The Morgan fingerprint density at radius 2 is 2.36 bits per heavy atom. The molecule has 0 radical (unpaired) electrons. The molecule has 0 unspecified atom stereocenters. The van der Waals surface area contributed by atoms with Gasteiger partial charge in [-0.25, -0.2) is 0 Å². The Hall–Kier alpha value is -0.800. The van der Waals surface area contributed by atoms with Crippen LogP contribution in [0.1, 0.15) is 24.3 Å². The molecule has 0 aliphatic heterocycles. The first kappa shape index (κ1) is 8.30. The Labute approximate surface area is 66.4 Å². The van der Waals surface area contributed by atoms with Crippen molar-refractivity contribution < 1.29 is 4.42 Å². The highest BCUT2D eigenvalue weighted by Crippen LogP contribution is 2.16. The average Bonchev–Trinajstić information content (AvgIpc) is 2.50. The first-order valence-corrected chi connectivity index (χ1v) is 3.81. The Kier molecular flexibility index (Phi) is 2.68. The van der Waals surface area contributed by atoms with Gasteiger partial charge in [0.15, 0.2) is 0 Å². The molecular formula is C8H14N2O. The molecule has 0 bridgehead atoms. The smallest absolute Gasteiger partial charge is 0.108 e. The van der Waals surface area contributed by atoms with Gasteiger partial charge in [-0.15, -0.1) is 0 Å². The number of hydrogen-bond donors (Lipinski definition) is 2. The van der Waals surface area contributed by atoms with Gasteiger partial charge in [-0.3, -0.25) is 0 Å². The summed E-state index contributed by atoms with van der Waals surface area (Å²) in [7, 11) is 0. The third-order valence-electron chi connectivity index (χ3n) is 1.75. The van der Waals surface area contributed by atoms with Gasteiger partial charge >= 0.3 is 0 Å². The maximum absolute atomic E-state index is 5.73. The lowest BCUT2D eigenvalue weighted by molar-refractivity contribution is 0.506. The van der Waals surface area contributed by atoms with E-state index in [1.54, 1.807) is 6.26 Å². The van der Waals surface area contributed by atoms with Gasteiger partial charge in [0.2, 0.25) is 0 Å². The molecule has 62 valence electrons. The first-order chi connectivity index (χ1) is 5.29. The molecule has 0 aliphatic rings. The van der Waals surface area contributed by atoms with E-state index in [0.29, 0.717) is 6.54 Å². The van der Waals surface area contributed by atoms with Crippen LogP contribution in [0, 0.1) is 0 Å². The summed E-state index contributed by atoms with van der Waals surface area (Å²) in [4.78, 5) is 0. The second kappa shape index (κ2) is 3.55. The van der Waals surface area contributed by atoms with Gasteiger partial charge in [-0.1, -0.05) is 6.92 Å². The molecule has 1 heterocycles. The van der Waals surface area contributed by atoms with Gasteiger partial charge in [0.05, 0.1) is 6.26 Å². The standard InChI is InChI=1S/C8H14N2O/c1-2-8-6(3-4-11-8)7(10)5-9/h3-4,7H,2,5,9-10H2,1H3/t7-/m0/s1. The second-order valence-electron chi connectivity index (χ2n) is 2.49. The molecule has 0 amide bonds. The van der Waals surface area contributed by atoms with Crippen molar-refractivity contribution in [2.75, 3.05) is 6.54 Å². The molecule has 0 aliphatic carbocycles. The van der Waals surface area contributed by atoms with Gasteiger partial charge in [0.1, 0.15) is 5.76 Å². The van der Waals surface area contributed by atoms with Gasteiger partial charge in [0.25, 0.3) is 0 Å². The molecule has 1 atom stereocenters. The van der Waals surface area contributed by atoms with Crippen LogP contribution < -0.4 is 11.5 Å². The van der Waals surface area contributed by atoms with E-state index in [-0.39, 0.29) is 6.04 Å².